The summed E-state index contributed by atoms with van der Waals surface area (Å²) in [6.07, 6.45) is -0.623. The minimum atomic E-state index is -4.46. The number of hydrogen-bond donors (Lipinski definition) is 0. The van der Waals surface area contributed by atoms with Gasteiger partial charge in [0.25, 0.3) is 6.23 Å². The second-order valence-corrected chi connectivity index (χ2v) is 3.83. The van der Waals surface area contributed by atoms with Crippen molar-refractivity contribution in [3.8, 4) is 0 Å². The van der Waals surface area contributed by atoms with Crippen LogP contribution in [0, 0.1) is 10.2 Å². The van der Waals surface area contributed by atoms with E-state index < -0.39 is 16.5 Å². The number of hydrogen-bond acceptors (Lipinski definition) is 6. The van der Waals surface area contributed by atoms with Gasteiger partial charge in [0.05, 0.1) is 21.0 Å². The third-order valence-electron chi connectivity index (χ3n) is 1.85. The lowest BCUT2D eigenvalue weighted by Gasteiger charge is -2.28. The van der Waals surface area contributed by atoms with Crippen molar-refractivity contribution in [3.05, 3.63) is 0 Å². The number of carbonyl (C=O) groups is 1. The molecule has 13 heavy (non-hydrogen) atoms. The Morgan fingerprint density at radius 1 is 1.54 bits per heavy atom. The van der Waals surface area contributed by atoms with Gasteiger partial charge in [-0.2, -0.15) is 14.0 Å². The summed E-state index contributed by atoms with van der Waals surface area (Å²) in [5, 5.41) is 0. The van der Waals surface area contributed by atoms with E-state index in [-0.39, 0.29) is 12.2 Å². The molecule has 0 spiro atoms. The molecule has 1 aliphatic heterocycles. The molecule has 0 aromatic heterocycles. The van der Waals surface area contributed by atoms with Crippen molar-refractivity contribution in [2.24, 2.45) is 0 Å². The van der Waals surface area contributed by atoms with Crippen molar-refractivity contribution >= 4 is 5.78 Å². The van der Waals surface area contributed by atoms with Crippen molar-refractivity contribution in [1.29, 1.82) is 0 Å². The molecule has 0 bridgehead atoms. The number of rotatable bonds is 2. The van der Waals surface area contributed by atoms with Crippen molar-refractivity contribution in [2.75, 3.05) is 13.6 Å². The first-order valence-corrected chi connectivity index (χ1v) is 4.93. The number of halogens is 1. The van der Waals surface area contributed by atoms with Gasteiger partial charge in [0, 0.05) is 13.0 Å². The second kappa shape index (κ2) is 3.87. The van der Waals surface area contributed by atoms with Gasteiger partial charge in [-0.05, 0) is 7.05 Å². The van der Waals surface area contributed by atoms with Crippen LogP contribution in [0.5, 0.6) is 0 Å². The van der Waals surface area contributed by atoms with E-state index in [2.05, 4.69) is 4.29 Å². The number of piperidine rings is 1. The summed E-state index contributed by atoms with van der Waals surface area (Å²) in [4.78, 5) is 12.4. The Hall–Kier alpha value is -0.240. The molecule has 0 radical (unpaired) electrons. The standard InChI is InChI=1S/C6H10ClNO5/c1-8-3-2-5(9)4-6(8)13-7(10,11)12/h6H,2-4H2,1H3. The summed E-state index contributed by atoms with van der Waals surface area (Å²) >= 11 is 0. The summed E-state index contributed by atoms with van der Waals surface area (Å²) in [6.45, 7) is 0.411. The summed E-state index contributed by atoms with van der Waals surface area (Å²) < 4.78 is 34.8. The lowest BCUT2D eigenvalue weighted by Crippen LogP contribution is -2.64. The maximum absolute atomic E-state index is 10.9. The summed E-state index contributed by atoms with van der Waals surface area (Å²) in [5.41, 5.74) is 0. The average Bonchev–Trinajstić information content (AvgIpc) is 1.94. The van der Waals surface area contributed by atoms with Gasteiger partial charge in [-0.15, -0.1) is 0 Å². The lowest BCUT2D eigenvalue weighted by atomic mass is 10.1. The Balaban J connectivity index is 2.51. The van der Waals surface area contributed by atoms with E-state index in [0.717, 1.165) is 0 Å². The predicted molar refractivity (Wildman–Crippen MR) is 31.7 cm³/mol. The van der Waals surface area contributed by atoms with Crippen LogP contribution >= 0.6 is 0 Å². The molecule has 0 aromatic rings. The second-order valence-electron chi connectivity index (χ2n) is 2.90. The molecule has 7 heteroatoms. The molecule has 6 nitrogen and oxygen atoms in total. The largest absolute Gasteiger partial charge is 0.299 e. The third-order valence-corrected chi connectivity index (χ3v) is 2.27. The maximum Gasteiger partial charge on any atom is 0.274 e. The van der Waals surface area contributed by atoms with Crippen molar-refractivity contribution in [2.45, 2.75) is 19.1 Å². The molecule has 1 atom stereocenters. The molecular formula is C6H10ClNO5. The van der Waals surface area contributed by atoms with E-state index in [1.165, 1.54) is 4.90 Å². The molecule has 0 aliphatic carbocycles. The molecule has 0 saturated carbocycles. The van der Waals surface area contributed by atoms with Crippen LogP contribution in [0.4, 0.5) is 0 Å². The number of ketones is 1. The molecule has 0 amide bonds. The van der Waals surface area contributed by atoms with Crippen molar-refractivity contribution < 1.29 is 33.3 Å². The molecule has 1 rings (SSSR count). The highest BCUT2D eigenvalue weighted by Gasteiger charge is 2.36. The van der Waals surface area contributed by atoms with Crippen LogP contribution in [-0.4, -0.2) is 30.5 Å². The quantitative estimate of drug-likeness (QED) is 0.471. The molecule has 1 unspecified atom stereocenters. The Morgan fingerprint density at radius 2 is 2.15 bits per heavy atom. The highest BCUT2D eigenvalue weighted by Crippen LogP contribution is 2.15. The molecule has 76 valence electrons. The predicted octanol–water partition coefficient (Wildman–Crippen LogP) is -3.48. The van der Waals surface area contributed by atoms with E-state index in [9.17, 15) is 18.8 Å². The lowest BCUT2D eigenvalue weighted by molar-refractivity contribution is -1.92. The van der Waals surface area contributed by atoms with E-state index >= 15 is 0 Å². The molecular weight excluding hydrogens is 202 g/mol. The fourth-order valence-corrected chi connectivity index (χ4v) is 1.57. The van der Waals surface area contributed by atoms with Crippen molar-refractivity contribution in [3.63, 3.8) is 0 Å². The van der Waals surface area contributed by atoms with Gasteiger partial charge < -0.3 is 0 Å². The van der Waals surface area contributed by atoms with Crippen LogP contribution in [0.15, 0.2) is 0 Å². The Kier molecular flexibility index (Phi) is 3.23. The van der Waals surface area contributed by atoms with Crippen LogP contribution in [0.2, 0.25) is 0 Å². The molecule has 1 heterocycles. The molecule has 0 aromatic carbocycles. The Morgan fingerprint density at radius 3 is 2.69 bits per heavy atom. The first kappa shape index (κ1) is 10.8. The normalized spacial score (nSPS) is 26.5. The van der Waals surface area contributed by atoms with Crippen LogP contribution in [0.1, 0.15) is 12.8 Å². The van der Waals surface area contributed by atoms with Crippen LogP contribution in [0.3, 0.4) is 0 Å². The first-order chi connectivity index (χ1) is 5.88. The number of likely N-dealkylation sites (tertiary alicyclic amines) is 1. The van der Waals surface area contributed by atoms with Crippen LogP contribution in [0.25, 0.3) is 0 Å². The first-order valence-electron chi connectivity index (χ1n) is 3.69. The fraction of sp³-hybridized carbons (Fsp3) is 0.833. The number of carbonyl (C=O) groups excluding carboxylic acids is 1. The fourth-order valence-electron chi connectivity index (χ4n) is 1.12. The minimum absolute atomic E-state index is 0.0506. The van der Waals surface area contributed by atoms with Crippen molar-refractivity contribution in [1.82, 2.24) is 4.90 Å². The third kappa shape index (κ3) is 3.55. The minimum Gasteiger partial charge on any atom is -0.299 e. The zero-order valence-electron chi connectivity index (χ0n) is 7.07. The number of nitrogens with zero attached hydrogens (tertiary/aromatic N) is 1. The SMILES string of the molecule is CN1CCC(=O)CC1O[Cl+3]([O-])([O-])[O-]. The zero-order chi connectivity index (χ0) is 10.1. The summed E-state index contributed by atoms with van der Waals surface area (Å²) in [5.74, 6) is -0.0954. The Bertz CT molecular complexity index is 204. The summed E-state index contributed by atoms with van der Waals surface area (Å²) in [7, 11) is -2.86. The average molecular weight is 212 g/mol. The van der Waals surface area contributed by atoms with E-state index in [1.54, 1.807) is 7.05 Å². The van der Waals surface area contributed by atoms with E-state index in [1.807, 2.05) is 0 Å². The topological polar surface area (TPSA) is 98.7 Å². The maximum atomic E-state index is 10.9. The smallest absolute Gasteiger partial charge is 0.274 e. The number of Topliss-reactive ketones (excluding diaryl/α,β-unsaturated/α-hetero) is 1. The van der Waals surface area contributed by atoms with Gasteiger partial charge in [-0.25, -0.2) is 0 Å². The van der Waals surface area contributed by atoms with Gasteiger partial charge >= 0.3 is 0 Å². The van der Waals surface area contributed by atoms with Crippen LogP contribution < -0.4 is 14.0 Å². The Labute approximate surface area is 77.4 Å². The van der Waals surface area contributed by atoms with E-state index in [4.69, 9.17) is 0 Å². The summed E-state index contributed by atoms with van der Waals surface area (Å²) in [6, 6.07) is 0. The van der Waals surface area contributed by atoms with E-state index in [0.29, 0.717) is 13.0 Å². The highest BCUT2D eigenvalue weighted by molar-refractivity contribution is 5.79. The molecule has 1 fully saturated rings. The van der Waals surface area contributed by atoms with Crippen LogP contribution in [-0.2, 0) is 9.08 Å². The van der Waals surface area contributed by atoms with Gasteiger partial charge in [0.2, 0.25) is 0 Å². The molecule has 0 N–H and O–H groups in total. The highest BCUT2D eigenvalue weighted by atomic mass is 35.7. The van der Waals surface area contributed by atoms with Gasteiger partial charge in [0.15, 0.2) is 0 Å². The molecule has 1 aliphatic rings. The zero-order valence-corrected chi connectivity index (χ0v) is 7.82. The van der Waals surface area contributed by atoms with Gasteiger partial charge in [0.1, 0.15) is 5.78 Å². The molecule has 1 saturated heterocycles. The van der Waals surface area contributed by atoms with Gasteiger partial charge in [-0.1, -0.05) is 0 Å². The monoisotopic (exact) mass is 211 g/mol. The van der Waals surface area contributed by atoms with Gasteiger partial charge in [-0.3, -0.25) is 9.69 Å².